The third kappa shape index (κ3) is 6.93. The van der Waals surface area contributed by atoms with Crippen molar-refractivity contribution in [1.29, 1.82) is 0 Å². The highest BCUT2D eigenvalue weighted by Crippen LogP contribution is 2.03. The number of hydrogen-bond acceptors (Lipinski definition) is 2. The van der Waals surface area contributed by atoms with Gasteiger partial charge in [-0.25, -0.2) is 4.79 Å². The highest BCUT2D eigenvalue weighted by molar-refractivity contribution is 5.75. The number of aliphatic carboxylic acids is 1. The Balaban J connectivity index is 3.99. The maximum Gasteiger partial charge on any atom is 0.317 e. The highest BCUT2D eigenvalue weighted by atomic mass is 16.4. The molecule has 0 saturated heterocycles. The van der Waals surface area contributed by atoms with Crippen LogP contribution in [0.25, 0.3) is 0 Å². The summed E-state index contributed by atoms with van der Waals surface area (Å²) in [5.74, 6) is -1.45. The van der Waals surface area contributed by atoms with Crippen LogP contribution in [0.3, 0.4) is 0 Å². The average molecular weight is 256 g/mol. The quantitative estimate of drug-likeness (QED) is 0.516. The molecule has 0 aliphatic carbocycles. The number of amides is 2. The van der Waals surface area contributed by atoms with Crippen molar-refractivity contribution in [3.63, 3.8) is 0 Å². The van der Waals surface area contributed by atoms with E-state index in [1.54, 1.807) is 14.0 Å². The predicted octanol–water partition coefficient (Wildman–Crippen LogP) is 2.09. The largest absolute Gasteiger partial charge is 0.481 e. The molecule has 0 spiro atoms. The molecular weight excluding hydrogens is 232 g/mol. The van der Waals surface area contributed by atoms with Crippen molar-refractivity contribution >= 4 is 12.0 Å². The Morgan fingerprint density at radius 1 is 1.44 bits per heavy atom. The number of carboxylic acids is 1. The van der Waals surface area contributed by atoms with Gasteiger partial charge in [0.15, 0.2) is 0 Å². The standard InChI is InChI=1S/C13H24N2O3/c1-5-6-7-8-11(3)14-13(18)15(4)9-10(2)12(16)17/h5,10-11H,1,6-9H2,2-4H3,(H,14,18)(H,16,17). The molecule has 0 aliphatic heterocycles. The van der Waals surface area contributed by atoms with E-state index in [0.717, 1.165) is 19.3 Å². The van der Waals surface area contributed by atoms with Crippen LogP contribution >= 0.6 is 0 Å². The number of nitrogens with zero attached hydrogens (tertiary/aromatic N) is 1. The van der Waals surface area contributed by atoms with Crippen molar-refractivity contribution in [3.05, 3.63) is 12.7 Å². The highest BCUT2D eigenvalue weighted by Gasteiger charge is 2.18. The second kappa shape index (κ2) is 8.55. The Morgan fingerprint density at radius 3 is 2.56 bits per heavy atom. The summed E-state index contributed by atoms with van der Waals surface area (Å²) in [4.78, 5) is 23.8. The van der Waals surface area contributed by atoms with Gasteiger partial charge in [-0.15, -0.1) is 6.58 Å². The minimum Gasteiger partial charge on any atom is -0.481 e. The fraction of sp³-hybridized carbons (Fsp3) is 0.692. The molecule has 5 nitrogen and oxygen atoms in total. The van der Waals surface area contributed by atoms with Gasteiger partial charge in [0.1, 0.15) is 0 Å². The Labute approximate surface area is 109 Å². The third-order valence-electron chi connectivity index (χ3n) is 2.73. The number of urea groups is 1. The topological polar surface area (TPSA) is 69.6 Å². The smallest absolute Gasteiger partial charge is 0.317 e. The number of rotatable bonds is 8. The molecule has 18 heavy (non-hydrogen) atoms. The van der Waals surface area contributed by atoms with Crippen LogP contribution in [0.1, 0.15) is 33.1 Å². The Morgan fingerprint density at radius 2 is 2.06 bits per heavy atom. The monoisotopic (exact) mass is 256 g/mol. The Kier molecular flexibility index (Phi) is 7.83. The van der Waals surface area contributed by atoms with E-state index in [0.29, 0.717) is 0 Å². The summed E-state index contributed by atoms with van der Waals surface area (Å²) in [6.45, 7) is 7.38. The normalized spacial score (nSPS) is 13.5. The lowest BCUT2D eigenvalue weighted by Gasteiger charge is -2.22. The van der Waals surface area contributed by atoms with Gasteiger partial charge in [0.25, 0.3) is 0 Å². The zero-order chi connectivity index (χ0) is 14.1. The average Bonchev–Trinajstić information content (AvgIpc) is 2.28. The van der Waals surface area contributed by atoms with Crippen LogP contribution in [-0.4, -0.2) is 41.6 Å². The molecule has 104 valence electrons. The van der Waals surface area contributed by atoms with Crippen molar-refractivity contribution in [2.24, 2.45) is 5.92 Å². The fourth-order valence-corrected chi connectivity index (χ4v) is 1.53. The number of allylic oxidation sites excluding steroid dienone is 1. The van der Waals surface area contributed by atoms with Crippen LogP contribution < -0.4 is 5.32 Å². The number of carbonyl (C=O) groups excluding carboxylic acids is 1. The SMILES string of the molecule is C=CCCCC(C)NC(=O)N(C)CC(C)C(=O)O. The first-order valence-electron chi connectivity index (χ1n) is 6.23. The van der Waals surface area contributed by atoms with Gasteiger partial charge in [0.2, 0.25) is 0 Å². The van der Waals surface area contributed by atoms with Crippen molar-refractivity contribution in [3.8, 4) is 0 Å². The number of unbranched alkanes of at least 4 members (excludes halogenated alkanes) is 1. The van der Waals surface area contributed by atoms with E-state index >= 15 is 0 Å². The number of carboxylic acid groups (broad SMARTS) is 1. The molecule has 2 N–H and O–H groups in total. The van der Waals surface area contributed by atoms with E-state index in [1.165, 1.54) is 4.90 Å². The van der Waals surface area contributed by atoms with E-state index in [4.69, 9.17) is 5.11 Å². The molecule has 0 radical (unpaired) electrons. The molecule has 0 aliphatic rings. The molecule has 0 fully saturated rings. The molecule has 2 unspecified atom stereocenters. The number of hydrogen-bond donors (Lipinski definition) is 2. The molecular formula is C13H24N2O3. The first-order valence-corrected chi connectivity index (χ1v) is 6.23. The molecule has 0 saturated carbocycles. The second-order valence-electron chi connectivity index (χ2n) is 4.69. The molecule has 0 aromatic rings. The summed E-state index contributed by atoms with van der Waals surface area (Å²) in [6, 6.07) is -0.144. The van der Waals surface area contributed by atoms with Gasteiger partial charge in [-0.2, -0.15) is 0 Å². The summed E-state index contributed by atoms with van der Waals surface area (Å²) < 4.78 is 0. The Hall–Kier alpha value is -1.52. The van der Waals surface area contributed by atoms with Crippen LogP contribution in [0.4, 0.5) is 4.79 Å². The maximum absolute atomic E-state index is 11.7. The minimum atomic E-state index is -0.895. The van der Waals surface area contributed by atoms with E-state index < -0.39 is 11.9 Å². The molecule has 0 heterocycles. The van der Waals surface area contributed by atoms with Gasteiger partial charge in [-0.3, -0.25) is 4.79 Å². The number of carbonyl (C=O) groups is 2. The first kappa shape index (κ1) is 16.5. The molecule has 2 amide bonds. The third-order valence-corrected chi connectivity index (χ3v) is 2.73. The van der Waals surface area contributed by atoms with Crippen molar-refractivity contribution in [2.45, 2.75) is 39.2 Å². The predicted molar refractivity (Wildman–Crippen MR) is 71.5 cm³/mol. The van der Waals surface area contributed by atoms with Crippen molar-refractivity contribution < 1.29 is 14.7 Å². The van der Waals surface area contributed by atoms with Crippen molar-refractivity contribution in [2.75, 3.05) is 13.6 Å². The summed E-state index contributed by atoms with van der Waals surface area (Å²) in [5.41, 5.74) is 0. The molecule has 0 bridgehead atoms. The molecule has 2 atom stereocenters. The van der Waals surface area contributed by atoms with Crippen LogP contribution in [0.15, 0.2) is 12.7 Å². The molecule has 0 rings (SSSR count). The van der Waals surface area contributed by atoms with Crippen LogP contribution in [0.2, 0.25) is 0 Å². The van der Waals surface area contributed by atoms with Crippen molar-refractivity contribution in [1.82, 2.24) is 10.2 Å². The summed E-state index contributed by atoms with van der Waals surface area (Å²) in [5, 5.41) is 11.6. The summed E-state index contributed by atoms with van der Waals surface area (Å²) >= 11 is 0. The van der Waals surface area contributed by atoms with E-state index in [2.05, 4.69) is 11.9 Å². The van der Waals surface area contributed by atoms with Gasteiger partial charge in [-0.1, -0.05) is 13.0 Å². The van der Waals surface area contributed by atoms with Gasteiger partial charge in [0, 0.05) is 19.6 Å². The van der Waals surface area contributed by atoms with Gasteiger partial charge in [-0.05, 0) is 26.2 Å². The van der Waals surface area contributed by atoms with E-state index in [9.17, 15) is 9.59 Å². The lowest BCUT2D eigenvalue weighted by atomic mass is 10.1. The van der Waals surface area contributed by atoms with Crippen LogP contribution in [-0.2, 0) is 4.79 Å². The molecule has 0 aromatic carbocycles. The minimum absolute atomic E-state index is 0.0834. The zero-order valence-electron chi connectivity index (χ0n) is 11.5. The van der Waals surface area contributed by atoms with Gasteiger partial charge >= 0.3 is 12.0 Å². The lowest BCUT2D eigenvalue weighted by Crippen LogP contribution is -2.44. The fourth-order valence-electron chi connectivity index (χ4n) is 1.53. The van der Waals surface area contributed by atoms with Gasteiger partial charge in [0.05, 0.1) is 5.92 Å². The molecule has 5 heteroatoms. The van der Waals surface area contributed by atoms with Crippen LogP contribution in [0.5, 0.6) is 0 Å². The summed E-state index contributed by atoms with van der Waals surface area (Å²) in [7, 11) is 1.60. The second-order valence-corrected chi connectivity index (χ2v) is 4.69. The number of nitrogens with one attached hydrogen (secondary N) is 1. The lowest BCUT2D eigenvalue weighted by molar-refractivity contribution is -0.141. The Bertz CT molecular complexity index is 292. The van der Waals surface area contributed by atoms with Crippen LogP contribution in [0, 0.1) is 5.92 Å². The zero-order valence-corrected chi connectivity index (χ0v) is 11.5. The first-order chi connectivity index (χ1) is 8.38. The van der Waals surface area contributed by atoms with E-state index in [1.807, 2.05) is 13.0 Å². The molecule has 0 aromatic heterocycles. The van der Waals surface area contributed by atoms with Gasteiger partial charge < -0.3 is 15.3 Å². The maximum atomic E-state index is 11.7. The van der Waals surface area contributed by atoms with E-state index in [-0.39, 0.29) is 18.6 Å². The summed E-state index contributed by atoms with van der Waals surface area (Å²) in [6.07, 6.45) is 4.67.